The van der Waals surface area contributed by atoms with Gasteiger partial charge in [-0.15, -0.1) is 0 Å². The first-order valence-electron chi connectivity index (χ1n) is 8.69. The van der Waals surface area contributed by atoms with Crippen LogP contribution in [0.15, 0.2) is 11.3 Å². The molecule has 0 unspecified atom stereocenters. The molecule has 0 saturated carbocycles. The maximum absolute atomic E-state index is 11.6. The number of allylic oxidation sites excluding steroid dienone is 2. The minimum atomic E-state index is -0.0403. The summed E-state index contributed by atoms with van der Waals surface area (Å²) in [4.78, 5) is 11.6. The molecule has 0 fully saturated rings. The Hall–Kier alpha value is -0.790. The summed E-state index contributed by atoms with van der Waals surface area (Å²) >= 11 is 0. The lowest BCUT2D eigenvalue weighted by Gasteiger charge is -2.08. The quantitative estimate of drug-likeness (QED) is 0.347. The van der Waals surface area contributed by atoms with E-state index in [9.17, 15) is 4.79 Å². The van der Waals surface area contributed by atoms with E-state index in [0.29, 0.717) is 6.42 Å². The van der Waals surface area contributed by atoms with E-state index in [1.54, 1.807) is 0 Å². The van der Waals surface area contributed by atoms with Gasteiger partial charge in [-0.25, -0.2) is 0 Å². The first-order chi connectivity index (χ1) is 9.77. The predicted molar refractivity (Wildman–Crippen MR) is 84.5 cm³/mol. The highest BCUT2D eigenvalue weighted by atomic mass is 16.5. The van der Waals surface area contributed by atoms with Gasteiger partial charge in [0.1, 0.15) is 5.76 Å². The maximum Gasteiger partial charge on any atom is 0.310 e. The van der Waals surface area contributed by atoms with E-state index in [0.717, 1.165) is 31.4 Å². The number of unbranched alkanes of at least 4 members (excludes halogenated alkanes) is 6. The zero-order chi connectivity index (χ0) is 14.6. The van der Waals surface area contributed by atoms with E-state index in [2.05, 4.69) is 6.92 Å². The molecule has 20 heavy (non-hydrogen) atoms. The average molecular weight is 280 g/mol. The van der Waals surface area contributed by atoms with E-state index in [1.807, 2.05) is 6.92 Å². The van der Waals surface area contributed by atoms with Crippen molar-refractivity contribution in [1.82, 2.24) is 0 Å². The van der Waals surface area contributed by atoms with Crippen LogP contribution in [0.1, 0.15) is 97.3 Å². The van der Waals surface area contributed by atoms with Gasteiger partial charge in [-0.1, -0.05) is 52.4 Å². The van der Waals surface area contributed by atoms with Crippen molar-refractivity contribution in [3.63, 3.8) is 0 Å². The van der Waals surface area contributed by atoms with Gasteiger partial charge in [0.25, 0.3) is 0 Å². The topological polar surface area (TPSA) is 26.3 Å². The Bertz CT molecular complexity index is 305. The van der Waals surface area contributed by atoms with Crippen molar-refractivity contribution in [1.29, 1.82) is 0 Å². The number of hydrogen-bond donors (Lipinski definition) is 0. The molecular weight excluding hydrogens is 248 g/mol. The van der Waals surface area contributed by atoms with Crippen LogP contribution in [0.2, 0.25) is 0 Å². The highest BCUT2D eigenvalue weighted by molar-refractivity contribution is 5.70. The highest BCUT2D eigenvalue weighted by Crippen LogP contribution is 2.31. The molecule has 0 radical (unpaired) electrons. The second-order valence-corrected chi connectivity index (χ2v) is 5.98. The Morgan fingerprint density at radius 1 is 0.950 bits per heavy atom. The predicted octanol–water partition coefficient (Wildman–Crippen LogP) is 5.91. The van der Waals surface area contributed by atoms with Crippen LogP contribution >= 0.6 is 0 Å². The lowest BCUT2D eigenvalue weighted by atomic mass is 10.0. The molecular formula is C18H32O2. The summed E-state index contributed by atoms with van der Waals surface area (Å²) in [5, 5.41) is 0. The molecule has 0 aliphatic heterocycles. The standard InChI is InChI=1S/C18H32O2/c1-3-5-6-7-8-9-10-13-16-14-11-15-17(16)20-18(19)12-4-2/h3-15H2,1-2H3. The minimum Gasteiger partial charge on any atom is -0.431 e. The van der Waals surface area contributed by atoms with Crippen molar-refractivity contribution >= 4 is 5.97 Å². The van der Waals surface area contributed by atoms with Crippen LogP contribution in [-0.4, -0.2) is 5.97 Å². The molecule has 0 aromatic carbocycles. The van der Waals surface area contributed by atoms with E-state index in [1.165, 1.54) is 56.9 Å². The summed E-state index contributed by atoms with van der Waals surface area (Å²) in [6.45, 7) is 4.28. The van der Waals surface area contributed by atoms with Crippen molar-refractivity contribution in [3.8, 4) is 0 Å². The minimum absolute atomic E-state index is 0.0403. The lowest BCUT2D eigenvalue weighted by molar-refractivity contribution is -0.139. The average Bonchev–Trinajstić information content (AvgIpc) is 2.85. The molecule has 0 heterocycles. The molecule has 0 aromatic heterocycles. The third-order valence-electron chi connectivity index (χ3n) is 4.05. The van der Waals surface area contributed by atoms with Crippen molar-refractivity contribution in [2.75, 3.05) is 0 Å². The molecule has 116 valence electrons. The summed E-state index contributed by atoms with van der Waals surface area (Å²) in [7, 11) is 0. The Kier molecular flexibility index (Phi) is 9.44. The van der Waals surface area contributed by atoms with Crippen LogP contribution in [0.3, 0.4) is 0 Å². The van der Waals surface area contributed by atoms with E-state index >= 15 is 0 Å². The van der Waals surface area contributed by atoms with Gasteiger partial charge >= 0.3 is 5.97 Å². The Labute approximate surface area is 125 Å². The van der Waals surface area contributed by atoms with Crippen LogP contribution < -0.4 is 0 Å². The van der Waals surface area contributed by atoms with Crippen molar-refractivity contribution < 1.29 is 9.53 Å². The molecule has 0 N–H and O–H groups in total. The molecule has 1 rings (SSSR count). The van der Waals surface area contributed by atoms with Gasteiger partial charge in [0, 0.05) is 12.8 Å². The van der Waals surface area contributed by atoms with Gasteiger partial charge in [-0.3, -0.25) is 4.79 Å². The molecule has 0 atom stereocenters. The van der Waals surface area contributed by atoms with Crippen LogP contribution in [0.25, 0.3) is 0 Å². The van der Waals surface area contributed by atoms with Crippen molar-refractivity contribution in [2.45, 2.75) is 97.3 Å². The van der Waals surface area contributed by atoms with Gasteiger partial charge in [-0.2, -0.15) is 0 Å². The molecule has 0 saturated heterocycles. The van der Waals surface area contributed by atoms with Gasteiger partial charge in [0.15, 0.2) is 0 Å². The molecule has 0 amide bonds. The van der Waals surface area contributed by atoms with Crippen molar-refractivity contribution in [3.05, 3.63) is 11.3 Å². The second-order valence-electron chi connectivity index (χ2n) is 5.98. The molecule has 0 spiro atoms. The smallest absolute Gasteiger partial charge is 0.310 e. The molecule has 1 aliphatic rings. The van der Waals surface area contributed by atoms with Crippen LogP contribution in [0, 0.1) is 0 Å². The highest BCUT2D eigenvalue weighted by Gasteiger charge is 2.17. The summed E-state index contributed by atoms with van der Waals surface area (Å²) < 4.78 is 5.52. The first-order valence-corrected chi connectivity index (χ1v) is 8.69. The molecule has 1 aliphatic carbocycles. The Morgan fingerprint density at radius 2 is 1.65 bits per heavy atom. The van der Waals surface area contributed by atoms with E-state index < -0.39 is 0 Å². The number of ether oxygens (including phenoxy) is 1. The summed E-state index contributed by atoms with van der Waals surface area (Å²) in [5.41, 5.74) is 1.42. The van der Waals surface area contributed by atoms with Gasteiger partial charge in [-0.05, 0) is 37.7 Å². The fraction of sp³-hybridized carbons (Fsp3) is 0.833. The molecule has 0 aromatic rings. The Morgan fingerprint density at radius 3 is 2.35 bits per heavy atom. The molecule has 2 heteroatoms. The fourth-order valence-corrected chi connectivity index (χ4v) is 2.85. The first kappa shape index (κ1) is 17.3. The fourth-order valence-electron chi connectivity index (χ4n) is 2.85. The summed E-state index contributed by atoms with van der Waals surface area (Å²) in [5.74, 6) is 0.968. The third-order valence-corrected chi connectivity index (χ3v) is 4.05. The monoisotopic (exact) mass is 280 g/mol. The maximum atomic E-state index is 11.6. The summed E-state index contributed by atoms with van der Waals surface area (Å²) in [6, 6.07) is 0. The van der Waals surface area contributed by atoms with Crippen LogP contribution in [-0.2, 0) is 9.53 Å². The van der Waals surface area contributed by atoms with Crippen LogP contribution in [0.5, 0.6) is 0 Å². The lowest BCUT2D eigenvalue weighted by Crippen LogP contribution is -2.03. The number of carbonyl (C=O) groups is 1. The molecule has 0 bridgehead atoms. The molecule has 2 nitrogen and oxygen atoms in total. The number of carbonyl (C=O) groups excluding carboxylic acids is 1. The van der Waals surface area contributed by atoms with Gasteiger partial charge < -0.3 is 4.74 Å². The number of hydrogen-bond acceptors (Lipinski definition) is 2. The van der Waals surface area contributed by atoms with Gasteiger partial charge in [0.05, 0.1) is 0 Å². The zero-order valence-electron chi connectivity index (χ0n) is 13.5. The van der Waals surface area contributed by atoms with E-state index in [4.69, 9.17) is 4.74 Å². The van der Waals surface area contributed by atoms with E-state index in [-0.39, 0.29) is 5.97 Å². The number of rotatable bonds is 11. The van der Waals surface area contributed by atoms with Crippen LogP contribution in [0.4, 0.5) is 0 Å². The third kappa shape index (κ3) is 7.12. The number of esters is 1. The zero-order valence-corrected chi connectivity index (χ0v) is 13.5. The largest absolute Gasteiger partial charge is 0.431 e. The van der Waals surface area contributed by atoms with Crippen molar-refractivity contribution in [2.24, 2.45) is 0 Å². The Balaban J connectivity index is 2.18. The second kappa shape index (κ2) is 10.9. The summed E-state index contributed by atoms with van der Waals surface area (Å²) in [6.07, 6.45) is 15.3. The normalized spacial score (nSPS) is 14.9. The SMILES string of the molecule is CCCCCCCCCC1=C(OC(=O)CCC)CCC1. The van der Waals surface area contributed by atoms with Gasteiger partial charge in [0.2, 0.25) is 0 Å².